The van der Waals surface area contributed by atoms with Crippen LogP contribution in [-0.2, 0) is 20.4 Å². The number of nitrogens with zero attached hydrogens (tertiary/aromatic N) is 2. The van der Waals surface area contributed by atoms with Crippen LogP contribution >= 0.6 is 0 Å². The number of amides is 2. The molecular formula is C34H50N4O4. The van der Waals surface area contributed by atoms with Crippen LogP contribution in [0.15, 0.2) is 58.7 Å². The van der Waals surface area contributed by atoms with Crippen LogP contribution in [0.25, 0.3) is 0 Å². The Bertz CT molecular complexity index is 1120. The van der Waals surface area contributed by atoms with Gasteiger partial charge in [-0.1, -0.05) is 93.5 Å². The maximum atomic E-state index is 12.0. The lowest BCUT2D eigenvalue weighted by molar-refractivity contribution is -0.123. The molecule has 2 amide bonds. The number of hydrogen-bond acceptors (Lipinski definition) is 6. The summed E-state index contributed by atoms with van der Waals surface area (Å²) in [4.78, 5) is 24.0. The molecule has 0 fully saturated rings. The summed E-state index contributed by atoms with van der Waals surface area (Å²) in [5.41, 5.74) is 7.67. The number of benzene rings is 2. The van der Waals surface area contributed by atoms with Gasteiger partial charge in [0.05, 0.1) is 12.4 Å². The van der Waals surface area contributed by atoms with E-state index in [0.29, 0.717) is 11.5 Å². The summed E-state index contributed by atoms with van der Waals surface area (Å²) >= 11 is 0. The van der Waals surface area contributed by atoms with Crippen molar-refractivity contribution in [1.29, 1.82) is 0 Å². The fourth-order valence-corrected chi connectivity index (χ4v) is 5.51. The molecule has 0 aliphatic heterocycles. The molecule has 2 N–H and O–H groups in total. The van der Waals surface area contributed by atoms with Crippen molar-refractivity contribution >= 4 is 24.2 Å². The van der Waals surface area contributed by atoms with Crippen molar-refractivity contribution in [2.45, 2.75) is 92.9 Å². The molecule has 0 saturated heterocycles. The Balaban J connectivity index is 1.69. The van der Waals surface area contributed by atoms with E-state index in [1.807, 2.05) is 48.5 Å². The molecule has 8 nitrogen and oxygen atoms in total. The smallest absolute Gasteiger partial charge is 0.277 e. The zero-order chi connectivity index (χ0) is 31.6. The largest absolute Gasteiger partial charge is 0.484 e. The molecule has 0 atom stereocenters. The molecule has 0 bridgehead atoms. The zero-order valence-corrected chi connectivity index (χ0v) is 27.1. The van der Waals surface area contributed by atoms with Gasteiger partial charge in [0.15, 0.2) is 13.2 Å². The molecule has 0 heterocycles. The minimum atomic E-state index is -0.415. The van der Waals surface area contributed by atoms with E-state index in [1.165, 1.54) is 23.6 Å². The van der Waals surface area contributed by atoms with Crippen LogP contribution in [0.2, 0.25) is 0 Å². The van der Waals surface area contributed by atoms with Gasteiger partial charge in [-0.3, -0.25) is 9.59 Å². The minimum Gasteiger partial charge on any atom is -0.484 e. The summed E-state index contributed by atoms with van der Waals surface area (Å²) in [6.45, 7) is 22.0. The van der Waals surface area contributed by atoms with Gasteiger partial charge in [-0.25, -0.2) is 10.9 Å². The quantitative estimate of drug-likeness (QED) is 0.202. The number of carbonyl (C=O) groups excluding carboxylic acids is 2. The van der Waals surface area contributed by atoms with E-state index < -0.39 is 11.8 Å². The summed E-state index contributed by atoms with van der Waals surface area (Å²) in [6, 6.07) is 15.7. The van der Waals surface area contributed by atoms with Gasteiger partial charge in [-0.05, 0) is 69.9 Å². The van der Waals surface area contributed by atoms with Crippen molar-refractivity contribution in [3.05, 3.63) is 59.7 Å². The van der Waals surface area contributed by atoms with Crippen molar-refractivity contribution in [3.8, 4) is 11.5 Å². The highest BCUT2D eigenvalue weighted by Crippen LogP contribution is 2.37. The Morgan fingerprint density at radius 3 is 1.19 bits per heavy atom. The first kappa shape index (κ1) is 34.5. The summed E-state index contributed by atoms with van der Waals surface area (Å²) in [7, 11) is 0. The summed E-state index contributed by atoms with van der Waals surface area (Å²) in [5, 5.41) is 7.54. The maximum absolute atomic E-state index is 12.0. The zero-order valence-electron chi connectivity index (χ0n) is 27.1. The molecule has 0 unspecified atom stereocenters. The van der Waals surface area contributed by atoms with Gasteiger partial charge >= 0.3 is 0 Å². The molecule has 0 spiro atoms. The minimum absolute atomic E-state index is 0.0343. The van der Waals surface area contributed by atoms with Crippen LogP contribution < -0.4 is 20.3 Å². The van der Waals surface area contributed by atoms with Gasteiger partial charge in [0, 0.05) is 0 Å². The molecule has 230 valence electrons. The van der Waals surface area contributed by atoms with Gasteiger partial charge in [0.25, 0.3) is 11.8 Å². The van der Waals surface area contributed by atoms with Crippen LogP contribution in [0.1, 0.15) is 93.2 Å². The molecule has 2 aromatic rings. The van der Waals surface area contributed by atoms with Crippen molar-refractivity contribution in [1.82, 2.24) is 10.9 Å². The normalized spacial score (nSPS) is 12.9. The van der Waals surface area contributed by atoms with Gasteiger partial charge in [-0.15, -0.1) is 0 Å². The Hall–Kier alpha value is -3.68. The van der Waals surface area contributed by atoms with E-state index in [2.05, 4.69) is 90.3 Å². The molecule has 8 heteroatoms. The number of rotatable bonds is 13. The SMILES string of the molecule is CC(C)(C)CC(C)(C)c1ccc(OCC(=O)N/N=C\C=N/NC(=O)COc2ccc(C(C)(C)CC(C)(C)C)cc2)cc1. The third kappa shape index (κ3) is 12.9. The molecule has 0 aliphatic carbocycles. The highest BCUT2D eigenvalue weighted by Gasteiger charge is 2.28. The maximum Gasteiger partial charge on any atom is 0.277 e. The second-order valence-corrected chi connectivity index (χ2v) is 14.5. The summed E-state index contributed by atoms with van der Waals surface area (Å²) in [6.07, 6.45) is 4.60. The second-order valence-electron chi connectivity index (χ2n) is 14.5. The van der Waals surface area contributed by atoms with Crippen molar-refractivity contribution in [2.24, 2.45) is 21.0 Å². The van der Waals surface area contributed by atoms with Gasteiger partial charge in [0.2, 0.25) is 0 Å². The topological polar surface area (TPSA) is 101 Å². The van der Waals surface area contributed by atoms with E-state index in [4.69, 9.17) is 9.47 Å². The standard InChI is InChI=1S/C34H50N4O4/c1-31(2,3)23-33(7,8)25-11-15-27(16-12-25)41-21-29(39)37-35-19-20-36-38-30(40)22-42-28-17-13-26(14-18-28)34(9,10)24-32(4,5)6/h11-20H,21-24H2,1-10H3,(H,37,39)(H,38,40)/b35-19-,36-20-. The van der Waals surface area contributed by atoms with E-state index in [1.54, 1.807) is 0 Å². The Kier molecular flexibility index (Phi) is 11.9. The fourth-order valence-electron chi connectivity index (χ4n) is 5.51. The third-order valence-corrected chi connectivity index (χ3v) is 6.55. The first-order valence-corrected chi connectivity index (χ1v) is 14.5. The lowest BCUT2D eigenvalue weighted by Gasteiger charge is -2.33. The predicted molar refractivity (Wildman–Crippen MR) is 171 cm³/mol. The fraction of sp³-hybridized carbons (Fsp3) is 0.529. The number of ether oxygens (including phenoxy) is 2. The Labute approximate surface area is 252 Å². The van der Waals surface area contributed by atoms with Crippen LogP contribution in [0, 0.1) is 10.8 Å². The summed E-state index contributed by atoms with van der Waals surface area (Å²) in [5.74, 6) is 0.386. The predicted octanol–water partition coefficient (Wildman–Crippen LogP) is 6.78. The van der Waals surface area contributed by atoms with Gasteiger partial charge in [-0.2, -0.15) is 10.2 Å². The van der Waals surface area contributed by atoms with Crippen LogP contribution in [0.4, 0.5) is 0 Å². The first-order chi connectivity index (χ1) is 19.4. The molecule has 0 saturated carbocycles. The lowest BCUT2D eigenvalue weighted by atomic mass is 9.72. The van der Waals surface area contributed by atoms with Gasteiger partial charge < -0.3 is 9.47 Å². The molecule has 0 aromatic heterocycles. The highest BCUT2D eigenvalue weighted by atomic mass is 16.5. The number of hydrazone groups is 2. The van der Waals surface area contributed by atoms with Crippen molar-refractivity contribution in [2.75, 3.05) is 13.2 Å². The van der Waals surface area contributed by atoms with E-state index in [0.717, 1.165) is 12.8 Å². The molecule has 0 aliphatic rings. The van der Waals surface area contributed by atoms with Crippen LogP contribution in [0.5, 0.6) is 11.5 Å². The van der Waals surface area contributed by atoms with E-state index in [-0.39, 0.29) is 34.9 Å². The Morgan fingerprint density at radius 2 is 0.905 bits per heavy atom. The number of carbonyl (C=O) groups is 2. The van der Waals surface area contributed by atoms with E-state index >= 15 is 0 Å². The monoisotopic (exact) mass is 578 g/mol. The van der Waals surface area contributed by atoms with Crippen molar-refractivity contribution < 1.29 is 19.1 Å². The summed E-state index contributed by atoms with van der Waals surface area (Å²) < 4.78 is 11.1. The molecular weight excluding hydrogens is 528 g/mol. The molecule has 2 aromatic carbocycles. The number of nitrogens with one attached hydrogen (secondary N) is 2. The first-order valence-electron chi connectivity index (χ1n) is 14.5. The Morgan fingerprint density at radius 1 is 0.595 bits per heavy atom. The lowest BCUT2D eigenvalue weighted by Crippen LogP contribution is -2.26. The molecule has 42 heavy (non-hydrogen) atoms. The molecule has 0 radical (unpaired) electrons. The second kappa shape index (κ2) is 14.5. The van der Waals surface area contributed by atoms with Gasteiger partial charge in [0.1, 0.15) is 11.5 Å². The average molecular weight is 579 g/mol. The number of hydrogen-bond donors (Lipinski definition) is 2. The van der Waals surface area contributed by atoms with Crippen LogP contribution in [-0.4, -0.2) is 37.5 Å². The van der Waals surface area contributed by atoms with Crippen LogP contribution in [0.3, 0.4) is 0 Å². The van der Waals surface area contributed by atoms with E-state index in [9.17, 15) is 9.59 Å². The average Bonchev–Trinajstić information content (AvgIpc) is 2.86. The highest BCUT2D eigenvalue weighted by molar-refractivity contribution is 6.16. The molecule has 2 rings (SSSR count). The van der Waals surface area contributed by atoms with Crippen molar-refractivity contribution in [3.63, 3.8) is 0 Å². The third-order valence-electron chi connectivity index (χ3n) is 6.55.